The highest BCUT2D eigenvalue weighted by atomic mass is 35.5. The Morgan fingerprint density at radius 2 is 2.11 bits per heavy atom. The van der Waals surface area contributed by atoms with Crippen molar-refractivity contribution in [1.82, 2.24) is 4.98 Å². The highest BCUT2D eigenvalue weighted by Crippen LogP contribution is 2.28. The van der Waals surface area contributed by atoms with Crippen LogP contribution in [-0.4, -0.2) is 4.98 Å². The molecule has 0 atom stereocenters. The molecule has 2 aromatic rings. The van der Waals surface area contributed by atoms with Gasteiger partial charge in [0.25, 0.3) is 5.56 Å². The number of aromatic amines is 1. The van der Waals surface area contributed by atoms with E-state index in [1.165, 1.54) is 12.1 Å². The zero-order valence-corrected chi connectivity index (χ0v) is 10.2. The monoisotopic (exact) mass is 262 g/mol. The fourth-order valence-corrected chi connectivity index (χ4v) is 1.90. The predicted octanol–water partition coefficient (Wildman–Crippen LogP) is 3.01. The van der Waals surface area contributed by atoms with E-state index >= 15 is 0 Å². The average Bonchev–Trinajstić information content (AvgIpc) is 2.32. The van der Waals surface area contributed by atoms with Crippen LogP contribution in [0, 0.1) is 24.1 Å². The van der Waals surface area contributed by atoms with Gasteiger partial charge in [0.15, 0.2) is 0 Å². The van der Waals surface area contributed by atoms with E-state index in [0.717, 1.165) is 0 Å². The van der Waals surface area contributed by atoms with Gasteiger partial charge in [-0.15, -0.1) is 0 Å². The van der Waals surface area contributed by atoms with Crippen LogP contribution >= 0.6 is 11.6 Å². The van der Waals surface area contributed by atoms with Gasteiger partial charge >= 0.3 is 0 Å². The molecule has 0 aliphatic rings. The molecule has 5 heteroatoms. The Bertz CT molecular complexity index is 716. The van der Waals surface area contributed by atoms with Crippen molar-refractivity contribution in [1.29, 1.82) is 5.26 Å². The van der Waals surface area contributed by atoms with E-state index in [1.807, 2.05) is 0 Å². The highest BCUT2D eigenvalue weighted by Gasteiger charge is 2.15. The molecule has 0 fully saturated rings. The molecule has 0 saturated heterocycles. The molecule has 0 spiro atoms. The Kier molecular flexibility index (Phi) is 3.17. The number of pyridine rings is 1. The lowest BCUT2D eigenvalue weighted by Crippen LogP contribution is -2.13. The second-order valence-corrected chi connectivity index (χ2v) is 4.19. The third-order valence-corrected chi connectivity index (χ3v) is 2.81. The third kappa shape index (κ3) is 2.01. The van der Waals surface area contributed by atoms with E-state index in [9.17, 15) is 9.18 Å². The molecule has 3 nitrogen and oxygen atoms in total. The lowest BCUT2D eigenvalue weighted by atomic mass is 10.0. The van der Waals surface area contributed by atoms with Crippen LogP contribution in [0.25, 0.3) is 11.1 Å². The van der Waals surface area contributed by atoms with Crippen LogP contribution in [0.2, 0.25) is 5.02 Å². The summed E-state index contributed by atoms with van der Waals surface area (Å²) in [5.41, 5.74) is 0.286. The Hall–Kier alpha value is -2.12. The van der Waals surface area contributed by atoms with Crippen molar-refractivity contribution in [3.63, 3.8) is 0 Å². The summed E-state index contributed by atoms with van der Waals surface area (Å²) in [6.07, 6.45) is 0. The van der Waals surface area contributed by atoms with Gasteiger partial charge in [0, 0.05) is 16.8 Å². The number of nitrogens with zero attached hydrogens (tertiary/aromatic N) is 1. The average molecular weight is 263 g/mol. The number of nitrogens with one attached hydrogen (secondary N) is 1. The molecule has 1 heterocycles. The van der Waals surface area contributed by atoms with Crippen LogP contribution in [0.3, 0.4) is 0 Å². The summed E-state index contributed by atoms with van der Waals surface area (Å²) >= 11 is 5.69. The van der Waals surface area contributed by atoms with E-state index in [2.05, 4.69) is 4.98 Å². The zero-order valence-electron chi connectivity index (χ0n) is 9.42. The third-order valence-electron chi connectivity index (χ3n) is 2.52. The minimum absolute atomic E-state index is 0.0469. The van der Waals surface area contributed by atoms with Crippen LogP contribution in [0.5, 0.6) is 0 Å². The largest absolute Gasteiger partial charge is 0.325 e. The maximum atomic E-state index is 13.9. The molecule has 0 aliphatic heterocycles. The van der Waals surface area contributed by atoms with Crippen molar-refractivity contribution in [2.24, 2.45) is 0 Å². The van der Waals surface area contributed by atoms with E-state index in [4.69, 9.17) is 16.9 Å². The molecule has 0 saturated carbocycles. The molecule has 0 bridgehead atoms. The molecule has 0 radical (unpaired) electrons. The van der Waals surface area contributed by atoms with Gasteiger partial charge in [0.2, 0.25) is 0 Å². The van der Waals surface area contributed by atoms with Crippen molar-refractivity contribution >= 4 is 11.6 Å². The summed E-state index contributed by atoms with van der Waals surface area (Å²) in [5, 5.41) is 8.94. The van der Waals surface area contributed by atoms with Gasteiger partial charge in [-0.1, -0.05) is 23.7 Å². The quantitative estimate of drug-likeness (QED) is 0.859. The van der Waals surface area contributed by atoms with Gasteiger partial charge in [0.05, 0.1) is 5.02 Å². The Labute approximate surface area is 107 Å². The number of aryl methyl sites for hydroxylation is 1. The Balaban J connectivity index is 2.84. The van der Waals surface area contributed by atoms with Gasteiger partial charge < -0.3 is 4.98 Å². The van der Waals surface area contributed by atoms with Crippen molar-refractivity contribution in [3.8, 4) is 17.2 Å². The number of rotatable bonds is 1. The fourth-order valence-electron chi connectivity index (χ4n) is 1.72. The number of halogens is 2. The van der Waals surface area contributed by atoms with Crippen LogP contribution in [0.4, 0.5) is 4.39 Å². The van der Waals surface area contributed by atoms with Crippen molar-refractivity contribution in [2.45, 2.75) is 6.92 Å². The summed E-state index contributed by atoms with van der Waals surface area (Å²) in [4.78, 5) is 14.1. The number of nitriles is 1. The second-order valence-electron chi connectivity index (χ2n) is 3.78. The standard InChI is InChI=1S/C13H8ClFN2O/c1-7-5-9(10(6-16)13(18)17-7)8-3-2-4-11(14)12(8)15/h2-5H,1H3,(H,17,18). The lowest BCUT2D eigenvalue weighted by Gasteiger charge is -2.07. The smallest absolute Gasteiger partial charge is 0.266 e. The maximum Gasteiger partial charge on any atom is 0.266 e. The minimum atomic E-state index is -0.638. The summed E-state index contributed by atoms with van der Waals surface area (Å²) in [6, 6.07) is 7.79. The predicted molar refractivity (Wildman–Crippen MR) is 66.9 cm³/mol. The molecule has 1 aromatic heterocycles. The first-order valence-electron chi connectivity index (χ1n) is 5.13. The first-order chi connectivity index (χ1) is 8.54. The van der Waals surface area contributed by atoms with Crippen molar-refractivity contribution in [3.05, 3.63) is 56.7 Å². The van der Waals surface area contributed by atoms with Crippen LogP contribution < -0.4 is 5.56 Å². The first-order valence-corrected chi connectivity index (χ1v) is 5.51. The topological polar surface area (TPSA) is 56.6 Å². The van der Waals surface area contributed by atoms with Crippen molar-refractivity contribution in [2.75, 3.05) is 0 Å². The zero-order chi connectivity index (χ0) is 13.3. The molecule has 18 heavy (non-hydrogen) atoms. The Morgan fingerprint density at radius 1 is 1.39 bits per heavy atom. The summed E-state index contributed by atoms with van der Waals surface area (Å²) < 4.78 is 13.9. The van der Waals surface area contributed by atoms with E-state index in [-0.39, 0.29) is 21.7 Å². The van der Waals surface area contributed by atoms with Gasteiger partial charge in [-0.3, -0.25) is 4.79 Å². The molecule has 0 amide bonds. The molecular weight excluding hydrogens is 255 g/mol. The molecule has 0 aliphatic carbocycles. The van der Waals surface area contributed by atoms with Gasteiger partial charge in [-0.25, -0.2) is 4.39 Å². The van der Waals surface area contributed by atoms with Crippen molar-refractivity contribution < 1.29 is 4.39 Å². The van der Waals surface area contributed by atoms with Gasteiger partial charge in [-0.2, -0.15) is 5.26 Å². The van der Waals surface area contributed by atoms with Crippen LogP contribution in [0.15, 0.2) is 29.1 Å². The number of hydrogen-bond acceptors (Lipinski definition) is 2. The van der Waals surface area contributed by atoms with Crippen LogP contribution in [-0.2, 0) is 0 Å². The van der Waals surface area contributed by atoms with E-state index in [1.54, 1.807) is 25.1 Å². The number of hydrogen-bond donors (Lipinski definition) is 1. The van der Waals surface area contributed by atoms with Crippen LogP contribution in [0.1, 0.15) is 11.3 Å². The minimum Gasteiger partial charge on any atom is -0.325 e. The summed E-state index contributed by atoms with van der Waals surface area (Å²) in [6.45, 7) is 1.66. The normalized spacial score (nSPS) is 10.1. The molecule has 1 N–H and O–H groups in total. The molecule has 0 unspecified atom stereocenters. The van der Waals surface area contributed by atoms with Gasteiger partial charge in [0.1, 0.15) is 17.4 Å². The Morgan fingerprint density at radius 3 is 2.78 bits per heavy atom. The van der Waals surface area contributed by atoms with E-state index < -0.39 is 11.4 Å². The maximum absolute atomic E-state index is 13.9. The molecule has 90 valence electrons. The number of benzene rings is 1. The lowest BCUT2D eigenvalue weighted by molar-refractivity contribution is 0.631. The molecule has 2 rings (SSSR count). The number of H-pyrrole nitrogens is 1. The fraction of sp³-hybridized carbons (Fsp3) is 0.0769. The number of aromatic nitrogens is 1. The SMILES string of the molecule is Cc1cc(-c2cccc(Cl)c2F)c(C#N)c(=O)[nH]1. The molecule has 1 aromatic carbocycles. The van der Waals surface area contributed by atoms with Gasteiger partial charge in [-0.05, 0) is 19.1 Å². The molecular formula is C13H8ClFN2O. The summed E-state index contributed by atoms with van der Waals surface area (Å²) in [7, 11) is 0. The summed E-state index contributed by atoms with van der Waals surface area (Å²) in [5.74, 6) is -0.638. The highest BCUT2D eigenvalue weighted by molar-refractivity contribution is 6.31. The van der Waals surface area contributed by atoms with E-state index in [0.29, 0.717) is 5.69 Å². The first kappa shape index (κ1) is 12.3. The second kappa shape index (κ2) is 4.63.